The second-order valence-corrected chi connectivity index (χ2v) is 4.50. The second-order valence-electron chi connectivity index (χ2n) is 3.97. The molecule has 0 saturated heterocycles. The van der Waals surface area contributed by atoms with Crippen LogP contribution in [0.1, 0.15) is 16.5 Å². The molecule has 0 saturated carbocycles. The first kappa shape index (κ1) is 13.0. The van der Waals surface area contributed by atoms with E-state index in [9.17, 15) is 13.2 Å². The highest BCUT2D eigenvalue weighted by atomic mass is 35.5. The van der Waals surface area contributed by atoms with E-state index in [2.05, 4.69) is 0 Å². The molecule has 0 aliphatic heterocycles. The molecule has 4 heteroatoms. The molecule has 2 aromatic carbocycles. The lowest BCUT2D eigenvalue weighted by molar-refractivity contribution is 0.507. The Morgan fingerprint density at radius 3 is 2.17 bits per heavy atom. The van der Waals surface area contributed by atoms with Gasteiger partial charge in [0.05, 0.1) is 5.38 Å². The number of alkyl halides is 1. The fraction of sp³-hybridized carbons (Fsp3) is 0.143. The third kappa shape index (κ3) is 3.05. The first-order valence-corrected chi connectivity index (χ1v) is 5.83. The zero-order valence-corrected chi connectivity index (χ0v) is 10.1. The molecule has 2 rings (SSSR count). The van der Waals surface area contributed by atoms with Crippen molar-refractivity contribution in [2.24, 2.45) is 0 Å². The number of halogens is 4. The van der Waals surface area contributed by atoms with E-state index in [1.807, 2.05) is 0 Å². The van der Waals surface area contributed by atoms with E-state index >= 15 is 0 Å². The molecule has 18 heavy (non-hydrogen) atoms. The van der Waals surface area contributed by atoms with Gasteiger partial charge in [-0.2, -0.15) is 0 Å². The van der Waals surface area contributed by atoms with Crippen molar-refractivity contribution in [3.63, 3.8) is 0 Å². The summed E-state index contributed by atoms with van der Waals surface area (Å²) in [6.45, 7) is 0. The highest BCUT2D eigenvalue weighted by Gasteiger charge is 2.11. The fourth-order valence-corrected chi connectivity index (χ4v) is 1.99. The monoisotopic (exact) mass is 270 g/mol. The molecule has 0 nitrogen and oxygen atoms in total. The van der Waals surface area contributed by atoms with Crippen molar-refractivity contribution in [2.75, 3.05) is 0 Å². The van der Waals surface area contributed by atoms with Gasteiger partial charge in [0.2, 0.25) is 0 Å². The van der Waals surface area contributed by atoms with Crippen LogP contribution in [0.25, 0.3) is 0 Å². The molecule has 0 heterocycles. The van der Waals surface area contributed by atoms with Crippen LogP contribution in [0.15, 0.2) is 42.5 Å². The number of rotatable bonds is 3. The SMILES string of the molecule is Fc1ccc(C(Cl)Cc2ccc(F)c(F)c2)cc1. The van der Waals surface area contributed by atoms with Gasteiger partial charge in [0, 0.05) is 0 Å². The molecule has 0 amide bonds. The number of hydrogen-bond acceptors (Lipinski definition) is 0. The minimum absolute atomic E-state index is 0.338. The van der Waals surface area contributed by atoms with Crippen LogP contribution < -0.4 is 0 Å². The Morgan fingerprint density at radius 2 is 1.56 bits per heavy atom. The zero-order chi connectivity index (χ0) is 13.1. The van der Waals surface area contributed by atoms with Gasteiger partial charge in [-0.05, 0) is 41.8 Å². The van der Waals surface area contributed by atoms with Crippen LogP contribution in [0.5, 0.6) is 0 Å². The van der Waals surface area contributed by atoms with Crippen molar-refractivity contribution in [3.05, 3.63) is 71.0 Å². The molecule has 0 aromatic heterocycles. The van der Waals surface area contributed by atoms with Crippen molar-refractivity contribution >= 4 is 11.6 Å². The van der Waals surface area contributed by atoms with Crippen molar-refractivity contribution in [3.8, 4) is 0 Å². The molecule has 0 aliphatic rings. The van der Waals surface area contributed by atoms with Gasteiger partial charge in [0.15, 0.2) is 11.6 Å². The normalized spacial score (nSPS) is 12.4. The summed E-state index contributed by atoms with van der Waals surface area (Å²) in [6, 6.07) is 9.45. The topological polar surface area (TPSA) is 0 Å². The van der Waals surface area contributed by atoms with Gasteiger partial charge in [-0.25, -0.2) is 13.2 Å². The first-order chi connectivity index (χ1) is 8.56. The minimum atomic E-state index is -0.893. The summed E-state index contributed by atoms with van der Waals surface area (Å²) in [5.41, 5.74) is 1.33. The minimum Gasteiger partial charge on any atom is -0.207 e. The summed E-state index contributed by atoms with van der Waals surface area (Å²) in [7, 11) is 0. The molecule has 0 bridgehead atoms. The van der Waals surface area contributed by atoms with E-state index in [0.29, 0.717) is 12.0 Å². The standard InChI is InChI=1S/C14H10ClF3/c15-12(10-2-4-11(16)5-3-10)7-9-1-6-13(17)14(18)8-9/h1-6,8,12H,7H2. The number of hydrogen-bond donors (Lipinski definition) is 0. The summed E-state index contributed by atoms with van der Waals surface area (Å²) in [4.78, 5) is 0. The Labute approximate surface area is 108 Å². The van der Waals surface area contributed by atoms with Gasteiger partial charge in [0.25, 0.3) is 0 Å². The maximum Gasteiger partial charge on any atom is 0.159 e. The number of benzene rings is 2. The van der Waals surface area contributed by atoms with Gasteiger partial charge in [0.1, 0.15) is 5.82 Å². The molecule has 2 aromatic rings. The first-order valence-electron chi connectivity index (χ1n) is 5.40. The van der Waals surface area contributed by atoms with E-state index in [4.69, 9.17) is 11.6 Å². The van der Waals surface area contributed by atoms with Gasteiger partial charge in [-0.1, -0.05) is 18.2 Å². The molecule has 0 fully saturated rings. The van der Waals surface area contributed by atoms with Gasteiger partial charge in [-0.15, -0.1) is 11.6 Å². The summed E-state index contributed by atoms with van der Waals surface area (Å²) in [5, 5.41) is -0.407. The van der Waals surface area contributed by atoms with Crippen molar-refractivity contribution in [1.82, 2.24) is 0 Å². The average molecular weight is 271 g/mol. The predicted molar refractivity (Wildman–Crippen MR) is 65.1 cm³/mol. The Morgan fingerprint density at radius 1 is 0.889 bits per heavy atom. The lowest BCUT2D eigenvalue weighted by Gasteiger charge is -2.10. The molecular weight excluding hydrogens is 261 g/mol. The van der Waals surface area contributed by atoms with E-state index in [-0.39, 0.29) is 5.82 Å². The molecule has 0 N–H and O–H groups in total. The highest BCUT2D eigenvalue weighted by Crippen LogP contribution is 2.25. The molecule has 0 radical (unpaired) electrons. The molecule has 1 unspecified atom stereocenters. The van der Waals surface area contributed by atoms with Crippen molar-refractivity contribution in [2.45, 2.75) is 11.8 Å². The van der Waals surface area contributed by atoms with E-state index in [1.165, 1.54) is 18.2 Å². The summed E-state index contributed by atoms with van der Waals surface area (Å²) >= 11 is 6.15. The second kappa shape index (κ2) is 5.44. The van der Waals surface area contributed by atoms with Crippen LogP contribution in [-0.2, 0) is 6.42 Å². The van der Waals surface area contributed by atoms with Crippen molar-refractivity contribution < 1.29 is 13.2 Å². The third-order valence-corrected chi connectivity index (χ3v) is 3.04. The lowest BCUT2D eigenvalue weighted by Crippen LogP contribution is -1.97. The van der Waals surface area contributed by atoms with Crippen LogP contribution in [0.3, 0.4) is 0 Å². The van der Waals surface area contributed by atoms with Gasteiger partial charge >= 0.3 is 0 Å². The van der Waals surface area contributed by atoms with Crippen molar-refractivity contribution in [1.29, 1.82) is 0 Å². The Balaban J connectivity index is 2.13. The zero-order valence-electron chi connectivity index (χ0n) is 9.34. The Kier molecular flexibility index (Phi) is 3.92. The van der Waals surface area contributed by atoms with E-state index < -0.39 is 17.0 Å². The Bertz CT molecular complexity index is 537. The maximum atomic E-state index is 13.0. The van der Waals surface area contributed by atoms with E-state index in [1.54, 1.807) is 12.1 Å². The van der Waals surface area contributed by atoms with Crippen LogP contribution in [0.2, 0.25) is 0 Å². The molecular formula is C14H10ClF3. The van der Waals surface area contributed by atoms with Crippen LogP contribution in [0.4, 0.5) is 13.2 Å². The molecule has 1 atom stereocenters. The quantitative estimate of drug-likeness (QED) is 0.714. The van der Waals surface area contributed by atoms with Crippen LogP contribution >= 0.6 is 11.6 Å². The fourth-order valence-electron chi connectivity index (χ4n) is 1.66. The molecule has 0 spiro atoms. The third-order valence-electron chi connectivity index (χ3n) is 2.63. The predicted octanol–water partition coefficient (Wildman–Crippen LogP) is 4.63. The Hall–Kier alpha value is -1.48. The van der Waals surface area contributed by atoms with Crippen LogP contribution in [0, 0.1) is 17.5 Å². The average Bonchev–Trinajstić information content (AvgIpc) is 2.34. The largest absolute Gasteiger partial charge is 0.207 e. The van der Waals surface area contributed by atoms with Gasteiger partial charge in [-0.3, -0.25) is 0 Å². The highest BCUT2D eigenvalue weighted by molar-refractivity contribution is 6.20. The lowest BCUT2D eigenvalue weighted by atomic mass is 10.0. The summed E-state index contributed by atoms with van der Waals surface area (Å²) < 4.78 is 38.5. The summed E-state index contributed by atoms with van der Waals surface area (Å²) in [5.74, 6) is -2.11. The maximum absolute atomic E-state index is 13.0. The smallest absolute Gasteiger partial charge is 0.159 e. The molecule has 94 valence electrons. The molecule has 0 aliphatic carbocycles. The van der Waals surface area contributed by atoms with Gasteiger partial charge < -0.3 is 0 Å². The van der Waals surface area contributed by atoms with Crippen LogP contribution in [-0.4, -0.2) is 0 Å². The van der Waals surface area contributed by atoms with E-state index in [0.717, 1.165) is 17.7 Å². The summed E-state index contributed by atoms with van der Waals surface area (Å²) in [6.07, 6.45) is 0.352.